The first-order chi connectivity index (χ1) is 14.8. The van der Waals surface area contributed by atoms with Gasteiger partial charge >= 0.3 is 0 Å². The minimum atomic E-state index is -0.181. The fourth-order valence-electron chi connectivity index (χ4n) is 4.97. The lowest BCUT2D eigenvalue weighted by Gasteiger charge is -2.50. The first-order valence-corrected chi connectivity index (χ1v) is 11.1. The molecule has 1 N–H and O–H groups in total. The van der Waals surface area contributed by atoms with Crippen molar-refractivity contribution in [2.75, 3.05) is 32.7 Å². The Bertz CT molecular complexity index is 946. The summed E-state index contributed by atoms with van der Waals surface area (Å²) in [6.45, 7) is 10.4. The van der Waals surface area contributed by atoms with Crippen LogP contribution in [0.2, 0.25) is 0 Å². The number of amides is 2. The highest BCUT2D eigenvalue weighted by molar-refractivity contribution is 5.93. The molecule has 166 valence electrons. The van der Waals surface area contributed by atoms with Crippen molar-refractivity contribution in [1.29, 1.82) is 0 Å². The summed E-state index contributed by atoms with van der Waals surface area (Å²) in [7, 11) is 1.80. The van der Waals surface area contributed by atoms with Gasteiger partial charge in [0.1, 0.15) is 5.69 Å². The van der Waals surface area contributed by atoms with E-state index in [2.05, 4.69) is 41.3 Å². The second kappa shape index (κ2) is 8.46. The van der Waals surface area contributed by atoms with Crippen molar-refractivity contribution >= 4 is 11.8 Å². The van der Waals surface area contributed by atoms with Crippen LogP contribution < -0.4 is 5.32 Å². The third-order valence-electron chi connectivity index (χ3n) is 6.49. The van der Waals surface area contributed by atoms with Crippen LogP contribution in [-0.4, -0.2) is 64.1 Å². The number of aryl methyl sites for hydroxylation is 2. The molecule has 1 aromatic heterocycles. The Morgan fingerprint density at radius 3 is 2.52 bits per heavy atom. The lowest BCUT2D eigenvalue weighted by atomic mass is 9.71. The predicted molar refractivity (Wildman–Crippen MR) is 119 cm³/mol. The number of nitrogens with zero attached hydrogens (tertiary/aromatic N) is 4. The van der Waals surface area contributed by atoms with Crippen molar-refractivity contribution in [2.45, 2.75) is 27.3 Å². The second-order valence-electron chi connectivity index (χ2n) is 9.66. The van der Waals surface area contributed by atoms with E-state index in [4.69, 9.17) is 0 Å². The molecule has 2 aliphatic rings. The maximum atomic E-state index is 13.1. The van der Waals surface area contributed by atoms with E-state index < -0.39 is 0 Å². The molecule has 2 amide bonds. The summed E-state index contributed by atoms with van der Waals surface area (Å²) < 4.78 is 1.64. The Kier molecular flexibility index (Phi) is 5.88. The highest BCUT2D eigenvalue weighted by Crippen LogP contribution is 2.45. The number of carbonyl (C=O) groups excluding carboxylic acids is 2. The molecule has 0 radical (unpaired) electrons. The molecular formula is C24H33N5O2. The minimum Gasteiger partial charge on any atom is -0.356 e. The number of hydrogen-bond donors (Lipinski definition) is 1. The zero-order chi connectivity index (χ0) is 22.2. The molecule has 2 fully saturated rings. The molecule has 31 heavy (non-hydrogen) atoms. The third kappa shape index (κ3) is 4.37. The summed E-state index contributed by atoms with van der Waals surface area (Å²) in [4.78, 5) is 30.4. The molecule has 7 heteroatoms. The van der Waals surface area contributed by atoms with Crippen LogP contribution in [0.4, 0.5) is 0 Å². The van der Waals surface area contributed by atoms with Gasteiger partial charge in [-0.1, -0.05) is 44.2 Å². The van der Waals surface area contributed by atoms with Gasteiger partial charge in [0, 0.05) is 51.7 Å². The first-order valence-electron chi connectivity index (χ1n) is 11.1. The van der Waals surface area contributed by atoms with E-state index in [0.29, 0.717) is 31.2 Å². The second-order valence-corrected chi connectivity index (χ2v) is 9.66. The minimum absolute atomic E-state index is 0.00317. The molecule has 2 aromatic rings. The van der Waals surface area contributed by atoms with Crippen molar-refractivity contribution in [2.24, 2.45) is 24.3 Å². The molecule has 7 nitrogen and oxygen atoms in total. The lowest BCUT2D eigenvalue weighted by Crippen LogP contribution is -2.64. The molecule has 1 atom stereocenters. The van der Waals surface area contributed by atoms with Crippen molar-refractivity contribution in [3.8, 4) is 0 Å². The van der Waals surface area contributed by atoms with Gasteiger partial charge in [0.15, 0.2) is 0 Å². The summed E-state index contributed by atoms with van der Waals surface area (Å²) in [5, 5.41) is 7.44. The van der Waals surface area contributed by atoms with E-state index in [1.807, 2.05) is 36.1 Å². The van der Waals surface area contributed by atoms with Crippen molar-refractivity contribution < 1.29 is 9.59 Å². The van der Waals surface area contributed by atoms with E-state index in [9.17, 15) is 9.59 Å². The number of carbonyl (C=O) groups is 2. The number of aromatic nitrogens is 2. The fourth-order valence-corrected chi connectivity index (χ4v) is 4.97. The van der Waals surface area contributed by atoms with Crippen LogP contribution in [0.25, 0.3) is 0 Å². The van der Waals surface area contributed by atoms with E-state index in [-0.39, 0.29) is 23.1 Å². The van der Waals surface area contributed by atoms with Crippen molar-refractivity contribution in [3.05, 3.63) is 53.3 Å². The Morgan fingerprint density at radius 2 is 1.90 bits per heavy atom. The largest absolute Gasteiger partial charge is 0.356 e. The van der Waals surface area contributed by atoms with Gasteiger partial charge < -0.3 is 10.2 Å². The summed E-state index contributed by atoms with van der Waals surface area (Å²) in [5.41, 5.74) is 2.51. The van der Waals surface area contributed by atoms with Gasteiger partial charge in [-0.25, -0.2) is 0 Å². The summed E-state index contributed by atoms with van der Waals surface area (Å²) >= 11 is 0. The molecule has 2 saturated heterocycles. The van der Waals surface area contributed by atoms with E-state index in [1.165, 1.54) is 5.56 Å². The Balaban J connectivity index is 1.48. The number of hydrogen-bond acceptors (Lipinski definition) is 4. The average Bonchev–Trinajstić information content (AvgIpc) is 3.25. The SMILES string of the molecule is Cc1cc(C(=O)N2CC3(CN(Cc4ccccc4)CC3C(=O)NCC(C)C)C2)n(C)n1. The van der Waals surface area contributed by atoms with Crippen LogP contribution in [0.3, 0.4) is 0 Å². The number of likely N-dealkylation sites (tertiary alicyclic amines) is 2. The molecule has 0 saturated carbocycles. The van der Waals surface area contributed by atoms with Gasteiger partial charge in [0.25, 0.3) is 5.91 Å². The molecule has 3 heterocycles. The maximum absolute atomic E-state index is 13.1. The molecule has 0 bridgehead atoms. The van der Waals surface area contributed by atoms with Crippen LogP contribution in [-0.2, 0) is 18.4 Å². The van der Waals surface area contributed by atoms with Crippen molar-refractivity contribution in [1.82, 2.24) is 24.9 Å². The topological polar surface area (TPSA) is 70.5 Å². The van der Waals surface area contributed by atoms with E-state index in [0.717, 1.165) is 25.3 Å². The van der Waals surface area contributed by atoms with Crippen LogP contribution in [0.5, 0.6) is 0 Å². The number of benzene rings is 1. The molecule has 2 aliphatic heterocycles. The van der Waals surface area contributed by atoms with E-state index in [1.54, 1.807) is 11.7 Å². The van der Waals surface area contributed by atoms with Gasteiger partial charge in [-0.05, 0) is 24.5 Å². The van der Waals surface area contributed by atoms with Crippen molar-refractivity contribution in [3.63, 3.8) is 0 Å². The van der Waals surface area contributed by atoms with Gasteiger partial charge in [-0.3, -0.25) is 19.2 Å². The molecular weight excluding hydrogens is 390 g/mol. The predicted octanol–water partition coefficient (Wildman–Crippen LogP) is 2.07. The molecule has 0 aliphatic carbocycles. The van der Waals surface area contributed by atoms with Gasteiger partial charge in [-0.15, -0.1) is 0 Å². The summed E-state index contributed by atoms with van der Waals surface area (Å²) in [6, 6.07) is 12.2. The number of rotatable bonds is 6. The normalized spacial score (nSPS) is 20.3. The first kappa shape index (κ1) is 21.6. The standard InChI is InChI=1S/C24H33N5O2/c1-17(2)11-25-22(30)20-13-28(12-19-8-6-5-7-9-19)14-24(20)15-29(16-24)23(31)21-10-18(3)26-27(21)4/h5-10,17,20H,11-16H2,1-4H3,(H,25,30). The zero-order valence-electron chi connectivity index (χ0n) is 19.0. The monoisotopic (exact) mass is 423 g/mol. The van der Waals surface area contributed by atoms with Gasteiger partial charge in [-0.2, -0.15) is 5.10 Å². The Hall–Kier alpha value is -2.67. The average molecular weight is 424 g/mol. The Labute approximate surface area is 184 Å². The maximum Gasteiger partial charge on any atom is 0.272 e. The third-order valence-corrected chi connectivity index (χ3v) is 6.49. The Morgan fingerprint density at radius 1 is 1.19 bits per heavy atom. The zero-order valence-corrected chi connectivity index (χ0v) is 19.0. The summed E-state index contributed by atoms with van der Waals surface area (Å²) in [5.74, 6) is 0.422. The van der Waals surface area contributed by atoms with Gasteiger partial charge in [0.2, 0.25) is 5.91 Å². The lowest BCUT2D eigenvalue weighted by molar-refractivity contribution is -0.131. The van der Waals surface area contributed by atoms with Crippen LogP contribution in [0.1, 0.15) is 35.6 Å². The number of nitrogens with one attached hydrogen (secondary N) is 1. The molecule has 1 aromatic carbocycles. The highest BCUT2D eigenvalue weighted by atomic mass is 16.2. The van der Waals surface area contributed by atoms with Gasteiger partial charge in [0.05, 0.1) is 11.6 Å². The van der Waals surface area contributed by atoms with Crippen LogP contribution >= 0.6 is 0 Å². The fraction of sp³-hybridized carbons (Fsp3) is 0.542. The van der Waals surface area contributed by atoms with E-state index >= 15 is 0 Å². The smallest absolute Gasteiger partial charge is 0.272 e. The highest BCUT2D eigenvalue weighted by Gasteiger charge is 2.57. The van der Waals surface area contributed by atoms with Crippen LogP contribution in [0, 0.1) is 24.2 Å². The summed E-state index contributed by atoms with van der Waals surface area (Å²) in [6.07, 6.45) is 0. The molecule has 4 rings (SSSR count). The van der Waals surface area contributed by atoms with Crippen LogP contribution in [0.15, 0.2) is 36.4 Å². The molecule has 1 spiro atoms. The quantitative estimate of drug-likeness (QED) is 0.772. The molecule has 1 unspecified atom stereocenters.